The van der Waals surface area contributed by atoms with Crippen molar-refractivity contribution in [1.82, 2.24) is 4.90 Å². The summed E-state index contributed by atoms with van der Waals surface area (Å²) in [6.07, 6.45) is 1.55. The first-order valence-corrected chi connectivity index (χ1v) is 9.23. The van der Waals surface area contributed by atoms with Crippen molar-refractivity contribution >= 4 is 27.6 Å². The number of amides is 1. The van der Waals surface area contributed by atoms with Crippen LogP contribution in [0.15, 0.2) is 12.1 Å². The van der Waals surface area contributed by atoms with E-state index in [1.54, 1.807) is 14.0 Å². The van der Waals surface area contributed by atoms with Crippen molar-refractivity contribution in [3.8, 4) is 0 Å². The molecule has 0 spiro atoms. The van der Waals surface area contributed by atoms with Gasteiger partial charge in [0, 0.05) is 19.2 Å². The Hall–Kier alpha value is -2.16. The third kappa shape index (κ3) is 5.19. The van der Waals surface area contributed by atoms with Crippen LogP contribution in [0.3, 0.4) is 0 Å². The second-order valence-corrected chi connectivity index (χ2v) is 6.96. The maximum Gasteiger partial charge on any atom is 0.341 e. The van der Waals surface area contributed by atoms with Crippen LogP contribution in [-0.2, 0) is 14.8 Å². The largest absolute Gasteiger partial charge is 0.462 e. The predicted molar refractivity (Wildman–Crippen MR) is 88.1 cm³/mol. The van der Waals surface area contributed by atoms with E-state index in [0.29, 0.717) is 13.0 Å². The van der Waals surface area contributed by atoms with Gasteiger partial charge in [0.1, 0.15) is 0 Å². The van der Waals surface area contributed by atoms with E-state index in [0.717, 1.165) is 18.4 Å². The van der Waals surface area contributed by atoms with E-state index in [4.69, 9.17) is 4.74 Å². The zero-order chi connectivity index (χ0) is 18.5. The number of esters is 1. The fraction of sp³-hybridized carbons (Fsp3) is 0.467. The molecule has 1 amide bonds. The Kier molecular flexibility index (Phi) is 6.70. The molecular formula is C15H21FN2O5S. The minimum atomic E-state index is -3.79. The molecule has 0 atom stereocenters. The number of sulfonamides is 1. The standard InChI is InChI=1S/C15H21FN2O5S/c1-5-7-18(3)14(19)10-8-11(15(20)23-6-2)13(16)12(9-10)17-24(4,21)22/h8-9,17H,5-7H2,1-4H3. The Balaban J connectivity index is 3.44. The van der Waals surface area contributed by atoms with E-state index < -0.39 is 39.0 Å². The maximum absolute atomic E-state index is 14.4. The van der Waals surface area contributed by atoms with Gasteiger partial charge in [0.2, 0.25) is 10.0 Å². The highest BCUT2D eigenvalue weighted by Gasteiger charge is 2.23. The molecule has 0 bridgehead atoms. The lowest BCUT2D eigenvalue weighted by atomic mass is 10.1. The van der Waals surface area contributed by atoms with Crippen molar-refractivity contribution in [2.75, 3.05) is 31.2 Å². The van der Waals surface area contributed by atoms with Gasteiger partial charge in [-0.2, -0.15) is 0 Å². The van der Waals surface area contributed by atoms with Crippen molar-refractivity contribution in [2.24, 2.45) is 0 Å². The Morgan fingerprint density at radius 2 is 1.92 bits per heavy atom. The molecule has 0 radical (unpaired) electrons. The zero-order valence-electron chi connectivity index (χ0n) is 14.1. The minimum Gasteiger partial charge on any atom is -0.462 e. The summed E-state index contributed by atoms with van der Waals surface area (Å²) >= 11 is 0. The molecule has 1 aromatic carbocycles. The molecule has 134 valence electrons. The van der Waals surface area contributed by atoms with Crippen LogP contribution in [0.1, 0.15) is 41.0 Å². The van der Waals surface area contributed by atoms with Crippen molar-refractivity contribution in [1.29, 1.82) is 0 Å². The molecule has 0 unspecified atom stereocenters. The lowest BCUT2D eigenvalue weighted by Crippen LogP contribution is -2.28. The van der Waals surface area contributed by atoms with Gasteiger partial charge in [0.25, 0.3) is 5.91 Å². The van der Waals surface area contributed by atoms with E-state index in [2.05, 4.69) is 0 Å². The summed E-state index contributed by atoms with van der Waals surface area (Å²) in [6.45, 7) is 3.91. The van der Waals surface area contributed by atoms with Crippen LogP contribution in [0.5, 0.6) is 0 Å². The third-order valence-electron chi connectivity index (χ3n) is 3.02. The van der Waals surface area contributed by atoms with Crippen molar-refractivity contribution in [3.63, 3.8) is 0 Å². The highest BCUT2D eigenvalue weighted by molar-refractivity contribution is 7.92. The summed E-state index contributed by atoms with van der Waals surface area (Å²) in [4.78, 5) is 25.7. The first-order chi connectivity index (χ1) is 11.1. The fourth-order valence-corrected chi connectivity index (χ4v) is 2.58. The summed E-state index contributed by atoms with van der Waals surface area (Å²) < 4.78 is 43.9. The van der Waals surface area contributed by atoms with Gasteiger partial charge >= 0.3 is 5.97 Å². The van der Waals surface area contributed by atoms with Crippen molar-refractivity contribution < 1.29 is 27.1 Å². The topological polar surface area (TPSA) is 92.8 Å². The molecule has 0 aliphatic rings. The van der Waals surface area contributed by atoms with Gasteiger partial charge in [-0.3, -0.25) is 9.52 Å². The monoisotopic (exact) mass is 360 g/mol. The van der Waals surface area contributed by atoms with E-state index >= 15 is 0 Å². The average molecular weight is 360 g/mol. The molecule has 1 rings (SSSR count). The van der Waals surface area contributed by atoms with Crippen LogP contribution in [-0.4, -0.2) is 51.6 Å². The highest BCUT2D eigenvalue weighted by Crippen LogP contribution is 2.24. The molecule has 0 saturated heterocycles. The van der Waals surface area contributed by atoms with Gasteiger partial charge in [-0.1, -0.05) is 6.92 Å². The van der Waals surface area contributed by atoms with Gasteiger partial charge < -0.3 is 9.64 Å². The number of hydrogen-bond donors (Lipinski definition) is 1. The van der Waals surface area contributed by atoms with Gasteiger partial charge in [-0.15, -0.1) is 0 Å². The number of rotatable bonds is 7. The maximum atomic E-state index is 14.4. The number of anilines is 1. The molecule has 0 aromatic heterocycles. The number of benzene rings is 1. The lowest BCUT2D eigenvalue weighted by Gasteiger charge is -2.18. The number of nitrogens with zero attached hydrogens (tertiary/aromatic N) is 1. The highest BCUT2D eigenvalue weighted by atomic mass is 32.2. The first kappa shape index (κ1) is 19.9. The summed E-state index contributed by atoms with van der Waals surface area (Å²) in [5.74, 6) is -2.52. The van der Waals surface area contributed by atoms with Gasteiger partial charge in [-0.25, -0.2) is 17.6 Å². The normalized spacial score (nSPS) is 11.0. The molecule has 0 fully saturated rings. The Morgan fingerprint density at radius 1 is 1.29 bits per heavy atom. The van der Waals surface area contributed by atoms with Crippen LogP contribution in [0.2, 0.25) is 0 Å². The summed E-state index contributed by atoms with van der Waals surface area (Å²) in [5.41, 5.74) is -0.989. The van der Waals surface area contributed by atoms with Crippen LogP contribution >= 0.6 is 0 Å². The fourth-order valence-electron chi connectivity index (χ4n) is 2.04. The first-order valence-electron chi connectivity index (χ1n) is 7.34. The summed E-state index contributed by atoms with van der Waals surface area (Å²) in [7, 11) is -2.24. The van der Waals surface area contributed by atoms with Crippen LogP contribution in [0.25, 0.3) is 0 Å². The molecule has 7 nitrogen and oxygen atoms in total. The van der Waals surface area contributed by atoms with Crippen LogP contribution in [0.4, 0.5) is 10.1 Å². The average Bonchev–Trinajstić information content (AvgIpc) is 2.47. The second kappa shape index (κ2) is 8.09. The molecule has 0 aliphatic heterocycles. The quantitative estimate of drug-likeness (QED) is 0.749. The molecule has 1 N–H and O–H groups in total. The minimum absolute atomic E-state index is 0.0125. The summed E-state index contributed by atoms with van der Waals surface area (Å²) in [6, 6.07) is 2.13. The lowest BCUT2D eigenvalue weighted by molar-refractivity contribution is 0.0521. The summed E-state index contributed by atoms with van der Waals surface area (Å²) in [5, 5.41) is 0. The zero-order valence-corrected chi connectivity index (χ0v) is 14.9. The van der Waals surface area contributed by atoms with Gasteiger partial charge in [-0.05, 0) is 25.5 Å². The number of ether oxygens (including phenoxy) is 1. The molecule has 24 heavy (non-hydrogen) atoms. The van der Waals surface area contributed by atoms with E-state index in [1.165, 1.54) is 4.90 Å². The molecule has 0 heterocycles. The SMILES string of the molecule is CCCN(C)C(=O)c1cc(NS(C)(=O)=O)c(F)c(C(=O)OCC)c1. The number of hydrogen-bond acceptors (Lipinski definition) is 5. The van der Waals surface area contributed by atoms with Crippen molar-refractivity contribution in [3.05, 3.63) is 29.1 Å². The molecule has 9 heteroatoms. The van der Waals surface area contributed by atoms with Crippen LogP contribution < -0.4 is 4.72 Å². The Bertz CT molecular complexity index is 734. The van der Waals surface area contributed by atoms with E-state index in [9.17, 15) is 22.4 Å². The van der Waals surface area contributed by atoms with Gasteiger partial charge in [0.05, 0.1) is 24.1 Å². The molecule has 0 aliphatic carbocycles. The van der Waals surface area contributed by atoms with Gasteiger partial charge in [0.15, 0.2) is 5.82 Å². The third-order valence-corrected chi connectivity index (χ3v) is 3.61. The molecule has 0 saturated carbocycles. The second-order valence-electron chi connectivity index (χ2n) is 5.21. The van der Waals surface area contributed by atoms with E-state index in [-0.39, 0.29) is 12.2 Å². The number of carbonyl (C=O) groups is 2. The molecule has 1 aromatic rings. The van der Waals surface area contributed by atoms with E-state index in [1.807, 2.05) is 11.6 Å². The number of carbonyl (C=O) groups excluding carboxylic acids is 2. The Morgan fingerprint density at radius 3 is 2.42 bits per heavy atom. The van der Waals surface area contributed by atoms with Crippen molar-refractivity contribution in [2.45, 2.75) is 20.3 Å². The van der Waals surface area contributed by atoms with Crippen LogP contribution in [0, 0.1) is 5.82 Å². The predicted octanol–water partition coefficient (Wildman–Crippen LogP) is 1.86. The Labute approximate surface area is 140 Å². The molecular weight excluding hydrogens is 339 g/mol. The smallest absolute Gasteiger partial charge is 0.341 e. The number of halogens is 1. The number of nitrogens with one attached hydrogen (secondary N) is 1.